The number of anilines is 1. The molecule has 5 nitrogen and oxygen atoms in total. The molecule has 0 aliphatic heterocycles. The lowest BCUT2D eigenvalue weighted by Gasteiger charge is -2.21. The van der Waals surface area contributed by atoms with Gasteiger partial charge in [-0.2, -0.15) is 0 Å². The van der Waals surface area contributed by atoms with Gasteiger partial charge in [-0.1, -0.05) is 38.2 Å². The van der Waals surface area contributed by atoms with Crippen molar-refractivity contribution in [3.05, 3.63) is 30.6 Å². The van der Waals surface area contributed by atoms with Crippen LogP contribution in [0.4, 0.5) is 5.69 Å². The van der Waals surface area contributed by atoms with Gasteiger partial charge in [-0.15, -0.1) is 5.10 Å². The molecule has 0 atom stereocenters. The van der Waals surface area contributed by atoms with Crippen LogP contribution < -0.4 is 5.32 Å². The molecule has 0 saturated heterocycles. The summed E-state index contributed by atoms with van der Waals surface area (Å²) in [7, 11) is 0. The molecule has 1 aromatic carbocycles. The lowest BCUT2D eigenvalue weighted by atomic mass is 9.87. The summed E-state index contributed by atoms with van der Waals surface area (Å²) in [6.45, 7) is 1.05. The Bertz CT molecular complexity index is 517. The summed E-state index contributed by atoms with van der Waals surface area (Å²) in [5, 5.41) is 14.7. The fourth-order valence-corrected chi connectivity index (χ4v) is 2.93. The number of nitrogens with zero attached hydrogens (tertiary/aromatic N) is 4. The highest BCUT2D eigenvalue weighted by Gasteiger charge is 2.12. The van der Waals surface area contributed by atoms with E-state index in [9.17, 15) is 0 Å². The van der Waals surface area contributed by atoms with E-state index in [4.69, 9.17) is 0 Å². The molecule has 0 bridgehead atoms. The molecule has 2 aromatic rings. The Kier molecular flexibility index (Phi) is 4.25. The second-order valence-corrected chi connectivity index (χ2v) is 5.52. The maximum atomic E-state index is 3.91. The Morgan fingerprint density at radius 2 is 2.10 bits per heavy atom. The van der Waals surface area contributed by atoms with Crippen LogP contribution in [0, 0.1) is 5.92 Å². The topological polar surface area (TPSA) is 55.6 Å². The number of aromatic nitrogens is 4. The van der Waals surface area contributed by atoms with E-state index in [0.29, 0.717) is 0 Å². The predicted octanol–water partition coefficient (Wildman–Crippen LogP) is 3.04. The summed E-state index contributed by atoms with van der Waals surface area (Å²) in [6, 6.07) is 8.20. The van der Waals surface area contributed by atoms with E-state index in [1.807, 2.05) is 12.1 Å². The Balaban J connectivity index is 1.53. The molecular formula is C15H21N5. The van der Waals surface area contributed by atoms with Crippen molar-refractivity contribution in [2.45, 2.75) is 38.5 Å². The first-order chi connectivity index (χ1) is 9.92. The minimum absolute atomic E-state index is 0.916. The average Bonchev–Trinajstić information content (AvgIpc) is 3.03. The summed E-state index contributed by atoms with van der Waals surface area (Å²) in [5.41, 5.74) is 2.12. The van der Waals surface area contributed by atoms with Gasteiger partial charge in [0.15, 0.2) is 0 Å². The Labute approximate surface area is 119 Å². The lowest BCUT2D eigenvalue weighted by Crippen LogP contribution is -2.12. The molecule has 0 spiro atoms. The first kappa shape index (κ1) is 13.1. The lowest BCUT2D eigenvalue weighted by molar-refractivity contribution is 0.345. The third kappa shape index (κ3) is 3.35. The summed E-state index contributed by atoms with van der Waals surface area (Å²) in [4.78, 5) is 0. The van der Waals surface area contributed by atoms with Crippen molar-refractivity contribution < 1.29 is 0 Å². The molecule has 20 heavy (non-hydrogen) atoms. The van der Waals surface area contributed by atoms with Crippen LogP contribution in [-0.2, 0) is 0 Å². The van der Waals surface area contributed by atoms with Crippen LogP contribution in [0.3, 0.4) is 0 Å². The summed E-state index contributed by atoms with van der Waals surface area (Å²) < 4.78 is 1.67. The van der Waals surface area contributed by atoms with Crippen molar-refractivity contribution in [2.24, 2.45) is 5.92 Å². The maximum Gasteiger partial charge on any atom is 0.143 e. The Morgan fingerprint density at radius 1 is 1.20 bits per heavy atom. The number of nitrogens with one attached hydrogen (secondary N) is 1. The molecule has 1 heterocycles. The van der Waals surface area contributed by atoms with Crippen LogP contribution in [0.2, 0.25) is 0 Å². The van der Waals surface area contributed by atoms with E-state index in [0.717, 1.165) is 23.8 Å². The second-order valence-electron chi connectivity index (χ2n) is 5.52. The molecule has 3 rings (SSSR count). The summed E-state index contributed by atoms with van der Waals surface area (Å²) >= 11 is 0. The number of hydrogen-bond acceptors (Lipinski definition) is 4. The second kappa shape index (κ2) is 6.50. The van der Waals surface area contributed by atoms with Gasteiger partial charge in [-0.25, -0.2) is 4.68 Å². The standard InChI is InChI=1S/C15H21N5/c1-2-5-13(6-3-1)9-10-16-14-7-4-8-15(11-14)20-12-17-18-19-20/h4,7-8,11-13,16H,1-3,5-6,9-10H2. The highest BCUT2D eigenvalue weighted by molar-refractivity contribution is 5.50. The predicted molar refractivity (Wildman–Crippen MR) is 78.8 cm³/mol. The molecule has 5 heteroatoms. The van der Waals surface area contributed by atoms with E-state index in [-0.39, 0.29) is 0 Å². The van der Waals surface area contributed by atoms with Crippen LogP contribution in [0.5, 0.6) is 0 Å². The molecule has 1 aliphatic carbocycles. The van der Waals surface area contributed by atoms with Gasteiger partial charge in [0.1, 0.15) is 6.33 Å². The third-order valence-corrected chi connectivity index (χ3v) is 4.07. The van der Waals surface area contributed by atoms with E-state index in [1.165, 1.54) is 38.5 Å². The van der Waals surface area contributed by atoms with Crippen LogP contribution in [0.1, 0.15) is 38.5 Å². The molecule has 1 fully saturated rings. The van der Waals surface area contributed by atoms with E-state index in [1.54, 1.807) is 11.0 Å². The zero-order valence-electron chi connectivity index (χ0n) is 11.7. The molecule has 0 unspecified atom stereocenters. The van der Waals surface area contributed by atoms with E-state index >= 15 is 0 Å². The van der Waals surface area contributed by atoms with Crippen LogP contribution in [-0.4, -0.2) is 26.8 Å². The van der Waals surface area contributed by atoms with Gasteiger partial charge >= 0.3 is 0 Å². The Morgan fingerprint density at radius 3 is 2.90 bits per heavy atom. The minimum atomic E-state index is 0.916. The summed E-state index contributed by atoms with van der Waals surface area (Å²) in [5.74, 6) is 0.916. The van der Waals surface area contributed by atoms with Gasteiger partial charge in [-0.3, -0.25) is 0 Å². The first-order valence-corrected chi connectivity index (χ1v) is 7.49. The van der Waals surface area contributed by atoms with Gasteiger partial charge in [0.05, 0.1) is 5.69 Å². The highest BCUT2D eigenvalue weighted by atomic mass is 15.5. The maximum absolute atomic E-state index is 3.91. The third-order valence-electron chi connectivity index (χ3n) is 4.07. The molecule has 106 valence electrons. The number of benzene rings is 1. The minimum Gasteiger partial charge on any atom is -0.385 e. The molecule has 1 N–H and O–H groups in total. The normalized spacial score (nSPS) is 16.2. The zero-order chi connectivity index (χ0) is 13.6. The number of hydrogen-bond donors (Lipinski definition) is 1. The molecule has 1 aromatic heterocycles. The SMILES string of the molecule is c1cc(NCCC2CCCCC2)cc(-n2cnnn2)c1. The quantitative estimate of drug-likeness (QED) is 0.908. The van der Waals surface area contributed by atoms with Crippen molar-refractivity contribution in [1.29, 1.82) is 0 Å². The van der Waals surface area contributed by atoms with E-state index in [2.05, 4.69) is 33.0 Å². The van der Waals surface area contributed by atoms with Gasteiger partial charge < -0.3 is 5.32 Å². The molecule has 1 saturated carbocycles. The number of rotatable bonds is 5. The molecule has 0 amide bonds. The van der Waals surface area contributed by atoms with Crippen molar-refractivity contribution in [2.75, 3.05) is 11.9 Å². The number of tetrazole rings is 1. The van der Waals surface area contributed by atoms with Crippen LogP contribution in [0.25, 0.3) is 5.69 Å². The zero-order valence-corrected chi connectivity index (χ0v) is 11.7. The van der Waals surface area contributed by atoms with Crippen molar-refractivity contribution in [3.8, 4) is 5.69 Å². The fourth-order valence-electron chi connectivity index (χ4n) is 2.93. The molecule has 1 aliphatic rings. The average molecular weight is 271 g/mol. The van der Waals surface area contributed by atoms with Crippen molar-refractivity contribution in [1.82, 2.24) is 20.2 Å². The largest absolute Gasteiger partial charge is 0.385 e. The Hall–Kier alpha value is -1.91. The smallest absolute Gasteiger partial charge is 0.143 e. The fraction of sp³-hybridized carbons (Fsp3) is 0.533. The monoisotopic (exact) mass is 271 g/mol. The van der Waals surface area contributed by atoms with Gasteiger partial charge in [0, 0.05) is 12.2 Å². The first-order valence-electron chi connectivity index (χ1n) is 7.49. The van der Waals surface area contributed by atoms with E-state index < -0.39 is 0 Å². The molecule has 0 radical (unpaired) electrons. The molecular weight excluding hydrogens is 250 g/mol. The van der Waals surface area contributed by atoms with Gasteiger partial charge in [0.25, 0.3) is 0 Å². The van der Waals surface area contributed by atoms with Crippen molar-refractivity contribution >= 4 is 5.69 Å². The van der Waals surface area contributed by atoms with Crippen molar-refractivity contribution in [3.63, 3.8) is 0 Å². The highest BCUT2D eigenvalue weighted by Crippen LogP contribution is 2.26. The van der Waals surface area contributed by atoms with Gasteiger partial charge in [0.2, 0.25) is 0 Å². The van der Waals surface area contributed by atoms with Crippen LogP contribution in [0.15, 0.2) is 30.6 Å². The van der Waals surface area contributed by atoms with Gasteiger partial charge in [-0.05, 0) is 41.0 Å². The van der Waals surface area contributed by atoms with Crippen LogP contribution >= 0.6 is 0 Å². The summed E-state index contributed by atoms with van der Waals surface area (Å²) in [6.07, 6.45) is 9.96.